The molecule has 0 bridgehead atoms. The lowest BCUT2D eigenvalue weighted by Gasteiger charge is -2.43. The van der Waals surface area contributed by atoms with Gasteiger partial charge in [0, 0.05) is 47.8 Å². The SMILES string of the molecule is CC1(C)CC(=O)C2=C(C1)N(c1ccc(F)cc1)C(=O)C[C@@H]2c1ccc([N+](=O)[O-])cc1. The van der Waals surface area contributed by atoms with Gasteiger partial charge >= 0.3 is 0 Å². The number of hydrogen-bond acceptors (Lipinski definition) is 4. The number of amides is 1. The maximum atomic E-state index is 13.4. The largest absolute Gasteiger partial charge is 0.294 e. The molecule has 7 heteroatoms. The first-order chi connectivity index (χ1) is 14.2. The van der Waals surface area contributed by atoms with Crippen molar-refractivity contribution in [3.63, 3.8) is 0 Å². The first-order valence-electron chi connectivity index (χ1n) is 9.75. The highest BCUT2D eigenvalue weighted by atomic mass is 19.1. The summed E-state index contributed by atoms with van der Waals surface area (Å²) >= 11 is 0. The van der Waals surface area contributed by atoms with Crippen LogP contribution in [-0.4, -0.2) is 16.6 Å². The molecule has 2 aliphatic rings. The molecule has 1 aliphatic heterocycles. The van der Waals surface area contributed by atoms with Crippen LogP contribution in [0.25, 0.3) is 0 Å². The summed E-state index contributed by atoms with van der Waals surface area (Å²) in [7, 11) is 0. The molecular weight excluding hydrogens is 387 g/mol. The van der Waals surface area contributed by atoms with Gasteiger partial charge in [-0.3, -0.25) is 24.6 Å². The number of Topliss-reactive ketones (excluding diaryl/α,β-unsaturated/α-hetero) is 1. The number of non-ortho nitro benzene ring substituents is 1. The highest BCUT2D eigenvalue weighted by molar-refractivity contribution is 6.07. The number of anilines is 1. The molecule has 6 nitrogen and oxygen atoms in total. The van der Waals surface area contributed by atoms with Crippen molar-refractivity contribution in [3.05, 3.63) is 81.3 Å². The molecule has 0 unspecified atom stereocenters. The molecule has 0 saturated heterocycles. The van der Waals surface area contributed by atoms with Gasteiger partial charge in [0.15, 0.2) is 5.78 Å². The summed E-state index contributed by atoms with van der Waals surface area (Å²) in [5, 5.41) is 11.0. The van der Waals surface area contributed by atoms with Crippen LogP contribution in [-0.2, 0) is 9.59 Å². The normalized spacial score (nSPS) is 20.9. The predicted molar refractivity (Wildman–Crippen MR) is 109 cm³/mol. The third-order valence-electron chi connectivity index (χ3n) is 5.73. The molecule has 1 aliphatic carbocycles. The second-order valence-corrected chi connectivity index (χ2v) is 8.61. The summed E-state index contributed by atoms with van der Waals surface area (Å²) in [6, 6.07) is 11.7. The van der Waals surface area contributed by atoms with Gasteiger partial charge in [-0.1, -0.05) is 26.0 Å². The Bertz CT molecular complexity index is 1070. The van der Waals surface area contributed by atoms with Crippen LogP contribution in [0.3, 0.4) is 0 Å². The smallest absolute Gasteiger partial charge is 0.269 e. The fraction of sp³-hybridized carbons (Fsp3) is 0.304. The zero-order valence-electron chi connectivity index (χ0n) is 16.7. The van der Waals surface area contributed by atoms with E-state index in [1.54, 1.807) is 12.1 Å². The average molecular weight is 408 g/mol. The molecule has 1 atom stereocenters. The van der Waals surface area contributed by atoms with Crippen molar-refractivity contribution in [1.82, 2.24) is 0 Å². The first kappa shape index (κ1) is 19.9. The van der Waals surface area contributed by atoms with Crippen LogP contribution in [0.4, 0.5) is 15.8 Å². The van der Waals surface area contributed by atoms with E-state index in [-0.39, 0.29) is 29.2 Å². The highest BCUT2D eigenvalue weighted by Crippen LogP contribution is 2.48. The molecular formula is C23H21FN2O4. The zero-order chi connectivity index (χ0) is 21.6. The van der Waals surface area contributed by atoms with Crippen LogP contribution < -0.4 is 4.90 Å². The number of nitro groups is 1. The average Bonchev–Trinajstić information content (AvgIpc) is 2.67. The van der Waals surface area contributed by atoms with Gasteiger partial charge in [0.05, 0.1) is 4.92 Å². The van der Waals surface area contributed by atoms with Crippen molar-refractivity contribution < 1.29 is 18.9 Å². The van der Waals surface area contributed by atoms with Gasteiger partial charge in [-0.05, 0) is 41.7 Å². The van der Waals surface area contributed by atoms with Crippen LogP contribution in [0.1, 0.15) is 44.6 Å². The van der Waals surface area contributed by atoms with E-state index >= 15 is 0 Å². The fourth-order valence-electron chi connectivity index (χ4n) is 4.42. The molecule has 1 heterocycles. The van der Waals surface area contributed by atoms with Crippen molar-refractivity contribution in [2.75, 3.05) is 4.90 Å². The molecule has 0 N–H and O–H groups in total. The van der Waals surface area contributed by atoms with Crippen molar-refractivity contribution in [2.24, 2.45) is 5.41 Å². The Morgan fingerprint density at radius 1 is 1.03 bits per heavy atom. The van der Waals surface area contributed by atoms with E-state index in [1.807, 2.05) is 13.8 Å². The summed E-state index contributed by atoms with van der Waals surface area (Å²) < 4.78 is 13.4. The Balaban J connectivity index is 1.85. The molecule has 0 fully saturated rings. The number of ketones is 1. The summed E-state index contributed by atoms with van der Waals surface area (Å²) in [5.41, 5.74) is 2.09. The lowest BCUT2D eigenvalue weighted by atomic mass is 9.69. The van der Waals surface area contributed by atoms with Crippen molar-refractivity contribution in [1.29, 1.82) is 0 Å². The second-order valence-electron chi connectivity index (χ2n) is 8.61. The van der Waals surface area contributed by atoms with Gasteiger partial charge in [-0.15, -0.1) is 0 Å². The Hall–Kier alpha value is -3.35. The van der Waals surface area contributed by atoms with Gasteiger partial charge in [-0.25, -0.2) is 4.39 Å². The van der Waals surface area contributed by atoms with Crippen LogP contribution in [0.5, 0.6) is 0 Å². The molecule has 30 heavy (non-hydrogen) atoms. The number of allylic oxidation sites excluding steroid dienone is 2. The Morgan fingerprint density at radius 2 is 1.67 bits per heavy atom. The molecule has 0 spiro atoms. The van der Waals surface area contributed by atoms with Crippen LogP contribution >= 0.6 is 0 Å². The lowest BCUT2D eigenvalue weighted by molar-refractivity contribution is -0.384. The third kappa shape index (κ3) is 3.51. The molecule has 2 aromatic rings. The molecule has 0 aromatic heterocycles. The monoisotopic (exact) mass is 408 g/mol. The minimum atomic E-state index is -0.481. The Labute approximate surface area is 173 Å². The lowest BCUT2D eigenvalue weighted by Crippen LogP contribution is -2.43. The topological polar surface area (TPSA) is 80.5 Å². The quantitative estimate of drug-likeness (QED) is 0.535. The van der Waals surface area contributed by atoms with E-state index in [9.17, 15) is 24.1 Å². The summed E-state index contributed by atoms with van der Waals surface area (Å²) in [5.74, 6) is -1.06. The molecule has 2 aromatic carbocycles. The number of carbonyl (C=O) groups is 2. The van der Waals surface area contributed by atoms with Gasteiger partial charge < -0.3 is 0 Å². The third-order valence-corrected chi connectivity index (χ3v) is 5.73. The van der Waals surface area contributed by atoms with E-state index in [1.165, 1.54) is 41.3 Å². The Kier molecular flexibility index (Phi) is 4.76. The minimum absolute atomic E-state index is 0.0239. The van der Waals surface area contributed by atoms with Gasteiger partial charge in [0.25, 0.3) is 5.69 Å². The zero-order valence-corrected chi connectivity index (χ0v) is 16.7. The van der Waals surface area contributed by atoms with E-state index < -0.39 is 16.7 Å². The number of hydrogen-bond donors (Lipinski definition) is 0. The number of halogens is 1. The number of benzene rings is 2. The molecule has 0 saturated carbocycles. The van der Waals surface area contributed by atoms with Crippen LogP contribution in [0.15, 0.2) is 59.8 Å². The fourth-order valence-corrected chi connectivity index (χ4v) is 4.42. The van der Waals surface area contributed by atoms with E-state index in [0.29, 0.717) is 35.4 Å². The Morgan fingerprint density at radius 3 is 2.27 bits per heavy atom. The van der Waals surface area contributed by atoms with E-state index in [2.05, 4.69) is 0 Å². The summed E-state index contributed by atoms with van der Waals surface area (Å²) in [4.78, 5) is 38.4. The maximum Gasteiger partial charge on any atom is 0.269 e. The van der Waals surface area contributed by atoms with E-state index in [4.69, 9.17) is 0 Å². The molecule has 4 rings (SSSR count). The summed E-state index contributed by atoms with van der Waals surface area (Å²) in [6.45, 7) is 3.97. The molecule has 1 amide bonds. The number of nitrogens with zero attached hydrogens (tertiary/aromatic N) is 2. The number of rotatable bonds is 3. The van der Waals surface area contributed by atoms with E-state index in [0.717, 1.165) is 0 Å². The van der Waals surface area contributed by atoms with Crippen LogP contribution in [0, 0.1) is 21.3 Å². The van der Waals surface area contributed by atoms with Crippen molar-refractivity contribution in [3.8, 4) is 0 Å². The van der Waals surface area contributed by atoms with Gasteiger partial charge in [0.2, 0.25) is 5.91 Å². The number of carbonyl (C=O) groups excluding carboxylic acids is 2. The van der Waals surface area contributed by atoms with Crippen LogP contribution in [0.2, 0.25) is 0 Å². The minimum Gasteiger partial charge on any atom is -0.294 e. The second kappa shape index (κ2) is 7.16. The molecule has 154 valence electrons. The highest BCUT2D eigenvalue weighted by Gasteiger charge is 2.44. The number of nitro benzene ring substituents is 1. The standard InChI is InChI=1S/C23H21FN2O4/c1-23(2)12-19-22(20(27)13-23)18(14-3-7-17(8-4-14)26(29)30)11-21(28)25(19)16-9-5-15(24)6-10-16/h3-10,18H,11-13H2,1-2H3/t18-/m1/s1. The predicted octanol–water partition coefficient (Wildman–Crippen LogP) is 4.90. The molecule has 0 radical (unpaired) electrons. The van der Waals surface area contributed by atoms with Gasteiger partial charge in [0.1, 0.15) is 5.82 Å². The van der Waals surface area contributed by atoms with Gasteiger partial charge in [-0.2, -0.15) is 0 Å². The van der Waals surface area contributed by atoms with Crippen molar-refractivity contribution in [2.45, 2.75) is 39.0 Å². The first-order valence-corrected chi connectivity index (χ1v) is 9.75. The van der Waals surface area contributed by atoms with Crippen molar-refractivity contribution >= 4 is 23.1 Å². The summed E-state index contributed by atoms with van der Waals surface area (Å²) in [6.07, 6.45) is 0.960. The maximum absolute atomic E-state index is 13.4.